The lowest BCUT2D eigenvalue weighted by Crippen LogP contribution is -2.35. The molecule has 0 aliphatic heterocycles. The Morgan fingerprint density at radius 3 is 2.75 bits per heavy atom. The number of aliphatic hydroxyl groups is 1. The van der Waals surface area contributed by atoms with Crippen molar-refractivity contribution in [2.75, 3.05) is 6.54 Å². The van der Waals surface area contributed by atoms with Crippen molar-refractivity contribution >= 4 is 0 Å². The fraction of sp³-hybridized carbons (Fsp3) is 0.357. The Kier molecular flexibility index (Phi) is 4.15. The lowest BCUT2D eigenvalue weighted by atomic mass is 9.95. The van der Waals surface area contributed by atoms with E-state index in [1.54, 1.807) is 10.9 Å². The Morgan fingerprint density at radius 2 is 2.15 bits per heavy atom. The smallest absolute Gasteiger partial charge is 0.132 e. The quantitative estimate of drug-likeness (QED) is 0.877. The molecule has 2 aromatic rings. The van der Waals surface area contributed by atoms with Crippen LogP contribution < -0.4 is 5.32 Å². The Hall–Kier alpha value is -1.79. The summed E-state index contributed by atoms with van der Waals surface area (Å²) in [4.78, 5) is 0. The number of hydrogen-bond acceptors (Lipinski definition) is 3. The van der Waals surface area contributed by atoms with E-state index in [9.17, 15) is 13.9 Å². The average Bonchev–Trinajstić information content (AvgIpc) is 2.74. The highest BCUT2D eigenvalue weighted by atomic mass is 19.1. The van der Waals surface area contributed by atoms with Crippen LogP contribution >= 0.6 is 0 Å². The van der Waals surface area contributed by atoms with E-state index < -0.39 is 17.2 Å². The van der Waals surface area contributed by atoms with E-state index >= 15 is 0 Å². The van der Waals surface area contributed by atoms with E-state index in [0.717, 1.165) is 17.7 Å². The number of nitrogens with one attached hydrogen (secondary N) is 1. The fourth-order valence-electron chi connectivity index (χ4n) is 2.03. The molecule has 4 nitrogen and oxygen atoms in total. The van der Waals surface area contributed by atoms with Gasteiger partial charge in [0, 0.05) is 43.5 Å². The highest BCUT2D eigenvalue weighted by molar-refractivity contribution is 5.24. The van der Waals surface area contributed by atoms with Crippen molar-refractivity contribution in [2.24, 2.45) is 7.05 Å². The maximum Gasteiger partial charge on any atom is 0.132 e. The molecule has 20 heavy (non-hydrogen) atoms. The van der Waals surface area contributed by atoms with Crippen LogP contribution in [0.25, 0.3) is 0 Å². The number of aryl methyl sites for hydroxylation is 1. The maximum atomic E-state index is 13.7. The zero-order valence-electron chi connectivity index (χ0n) is 11.4. The molecule has 0 bridgehead atoms. The molecular formula is C14H17F2N3O. The lowest BCUT2D eigenvalue weighted by Gasteiger charge is -2.24. The molecule has 0 aliphatic rings. The number of halogens is 2. The number of rotatable bonds is 5. The van der Waals surface area contributed by atoms with Crippen molar-refractivity contribution in [1.82, 2.24) is 15.1 Å². The summed E-state index contributed by atoms with van der Waals surface area (Å²) in [5, 5.41) is 17.4. The van der Waals surface area contributed by atoms with Gasteiger partial charge in [0.2, 0.25) is 0 Å². The first-order chi connectivity index (χ1) is 9.38. The van der Waals surface area contributed by atoms with Gasteiger partial charge in [0.15, 0.2) is 0 Å². The molecule has 2 rings (SSSR count). The number of nitrogens with zero attached hydrogens (tertiary/aromatic N) is 2. The lowest BCUT2D eigenvalue weighted by molar-refractivity contribution is 0.0528. The predicted molar refractivity (Wildman–Crippen MR) is 70.8 cm³/mol. The summed E-state index contributed by atoms with van der Waals surface area (Å²) >= 11 is 0. The molecule has 108 valence electrons. The van der Waals surface area contributed by atoms with Gasteiger partial charge < -0.3 is 10.4 Å². The third kappa shape index (κ3) is 3.40. The van der Waals surface area contributed by atoms with Crippen LogP contribution in [0.15, 0.2) is 30.6 Å². The van der Waals surface area contributed by atoms with Gasteiger partial charge in [-0.1, -0.05) is 6.07 Å². The molecule has 1 unspecified atom stereocenters. The summed E-state index contributed by atoms with van der Waals surface area (Å²) in [5.41, 5.74) is -0.388. The molecule has 1 atom stereocenters. The van der Waals surface area contributed by atoms with E-state index in [1.807, 2.05) is 13.2 Å². The number of aromatic nitrogens is 2. The van der Waals surface area contributed by atoms with Crippen molar-refractivity contribution in [1.29, 1.82) is 0 Å². The summed E-state index contributed by atoms with van der Waals surface area (Å²) < 4.78 is 28.2. The van der Waals surface area contributed by atoms with E-state index in [4.69, 9.17) is 0 Å². The minimum Gasteiger partial charge on any atom is -0.384 e. The van der Waals surface area contributed by atoms with Gasteiger partial charge in [-0.05, 0) is 13.0 Å². The summed E-state index contributed by atoms with van der Waals surface area (Å²) in [6.45, 7) is 2.14. The first-order valence-electron chi connectivity index (χ1n) is 6.24. The Bertz CT molecular complexity index is 596. The zero-order chi connectivity index (χ0) is 14.8. The summed E-state index contributed by atoms with van der Waals surface area (Å²) in [5.74, 6) is -1.41. The molecular weight excluding hydrogens is 264 g/mol. The van der Waals surface area contributed by atoms with Crippen LogP contribution in [0.1, 0.15) is 18.1 Å². The predicted octanol–water partition coefficient (Wildman–Crippen LogP) is 1.70. The average molecular weight is 281 g/mol. The Labute approximate surface area is 116 Å². The third-order valence-electron chi connectivity index (χ3n) is 3.07. The summed E-state index contributed by atoms with van der Waals surface area (Å²) in [6.07, 6.45) is 3.56. The van der Waals surface area contributed by atoms with Crippen LogP contribution in [-0.2, 0) is 19.2 Å². The van der Waals surface area contributed by atoms with E-state index in [0.29, 0.717) is 6.54 Å². The summed E-state index contributed by atoms with van der Waals surface area (Å²) in [6, 6.07) is 3.16. The Morgan fingerprint density at radius 1 is 1.40 bits per heavy atom. The second-order valence-corrected chi connectivity index (χ2v) is 5.02. The molecule has 1 heterocycles. The van der Waals surface area contributed by atoms with Gasteiger partial charge in [0.25, 0.3) is 0 Å². The maximum absolute atomic E-state index is 13.7. The van der Waals surface area contributed by atoms with Crippen molar-refractivity contribution < 1.29 is 13.9 Å². The van der Waals surface area contributed by atoms with Crippen molar-refractivity contribution in [3.63, 3.8) is 0 Å². The molecule has 0 aliphatic carbocycles. The van der Waals surface area contributed by atoms with Crippen molar-refractivity contribution in [3.05, 3.63) is 53.4 Å². The molecule has 0 spiro atoms. The monoisotopic (exact) mass is 281 g/mol. The molecule has 0 saturated heterocycles. The van der Waals surface area contributed by atoms with E-state index in [1.165, 1.54) is 13.0 Å². The zero-order valence-corrected chi connectivity index (χ0v) is 11.4. The SMILES string of the molecule is Cn1cc(CNCC(C)(O)c2ccc(F)cc2F)cn1. The van der Waals surface area contributed by atoms with Crippen LogP contribution in [0, 0.1) is 11.6 Å². The van der Waals surface area contributed by atoms with Crippen LogP contribution in [-0.4, -0.2) is 21.4 Å². The van der Waals surface area contributed by atoms with Gasteiger partial charge in [0.05, 0.1) is 6.20 Å². The minimum absolute atomic E-state index is 0.0672. The van der Waals surface area contributed by atoms with Crippen LogP contribution in [0.3, 0.4) is 0 Å². The van der Waals surface area contributed by atoms with Gasteiger partial charge in [-0.15, -0.1) is 0 Å². The van der Waals surface area contributed by atoms with Gasteiger partial charge in [0.1, 0.15) is 17.2 Å². The molecule has 0 radical (unpaired) electrons. The molecule has 0 fully saturated rings. The largest absolute Gasteiger partial charge is 0.384 e. The number of hydrogen-bond donors (Lipinski definition) is 2. The molecule has 2 N–H and O–H groups in total. The normalized spacial score (nSPS) is 14.2. The molecule has 0 amide bonds. The van der Waals surface area contributed by atoms with Crippen LogP contribution in [0.4, 0.5) is 8.78 Å². The van der Waals surface area contributed by atoms with Gasteiger partial charge >= 0.3 is 0 Å². The van der Waals surface area contributed by atoms with Gasteiger partial charge in [-0.2, -0.15) is 5.10 Å². The highest BCUT2D eigenvalue weighted by Gasteiger charge is 2.26. The molecule has 6 heteroatoms. The van der Waals surface area contributed by atoms with E-state index in [2.05, 4.69) is 10.4 Å². The standard InChI is InChI=1S/C14H17F2N3O/c1-14(20,12-4-3-11(15)5-13(12)16)9-17-6-10-7-18-19(2)8-10/h3-5,7-8,17,20H,6,9H2,1-2H3. The van der Waals surface area contributed by atoms with Crippen LogP contribution in [0.2, 0.25) is 0 Å². The highest BCUT2D eigenvalue weighted by Crippen LogP contribution is 2.23. The number of benzene rings is 1. The van der Waals surface area contributed by atoms with Crippen molar-refractivity contribution in [3.8, 4) is 0 Å². The Balaban J connectivity index is 1.99. The molecule has 1 aromatic carbocycles. The van der Waals surface area contributed by atoms with Crippen LogP contribution in [0.5, 0.6) is 0 Å². The van der Waals surface area contributed by atoms with E-state index in [-0.39, 0.29) is 12.1 Å². The first kappa shape index (κ1) is 14.6. The first-order valence-corrected chi connectivity index (χ1v) is 6.24. The topological polar surface area (TPSA) is 50.1 Å². The fourth-order valence-corrected chi connectivity index (χ4v) is 2.03. The second-order valence-electron chi connectivity index (χ2n) is 5.02. The second kappa shape index (κ2) is 5.68. The van der Waals surface area contributed by atoms with Gasteiger partial charge in [-0.3, -0.25) is 4.68 Å². The van der Waals surface area contributed by atoms with Crippen molar-refractivity contribution in [2.45, 2.75) is 19.1 Å². The molecule has 0 saturated carbocycles. The summed E-state index contributed by atoms with van der Waals surface area (Å²) in [7, 11) is 1.81. The third-order valence-corrected chi connectivity index (χ3v) is 3.07. The molecule has 1 aromatic heterocycles. The minimum atomic E-state index is -1.42. The van der Waals surface area contributed by atoms with Gasteiger partial charge in [-0.25, -0.2) is 8.78 Å².